The van der Waals surface area contributed by atoms with Gasteiger partial charge in [-0.05, 0) is 31.0 Å². The SMILES string of the molecule is CN(C)C(=O)C1CCCN1Cc1nc2sc(-c3ccccc3)cc2c(=O)[nH]1. The monoisotopic (exact) mass is 382 g/mol. The van der Waals surface area contributed by atoms with Crippen LogP contribution in [0, 0.1) is 0 Å². The second-order valence-corrected chi connectivity index (χ2v) is 8.10. The van der Waals surface area contributed by atoms with E-state index in [0.29, 0.717) is 17.8 Å². The lowest BCUT2D eigenvalue weighted by molar-refractivity contribution is -0.133. The zero-order valence-corrected chi connectivity index (χ0v) is 16.3. The Morgan fingerprint density at radius 3 is 2.85 bits per heavy atom. The molecule has 27 heavy (non-hydrogen) atoms. The Bertz CT molecular complexity index is 1030. The first-order chi connectivity index (χ1) is 13.0. The number of fused-ring (bicyclic) bond motifs is 1. The molecule has 4 rings (SSSR count). The van der Waals surface area contributed by atoms with Crippen LogP contribution in [0.5, 0.6) is 0 Å². The summed E-state index contributed by atoms with van der Waals surface area (Å²) in [5.74, 6) is 0.728. The summed E-state index contributed by atoms with van der Waals surface area (Å²) in [5.41, 5.74) is 0.959. The second-order valence-electron chi connectivity index (χ2n) is 7.07. The number of carbonyl (C=O) groups excluding carboxylic acids is 1. The molecule has 3 heterocycles. The molecular weight excluding hydrogens is 360 g/mol. The maximum atomic E-state index is 12.6. The van der Waals surface area contributed by atoms with Crippen molar-refractivity contribution in [2.75, 3.05) is 20.6 Å². The average Bonchev–Trinajstić information content (AvgIpc) is 3.29. The number of carbonyl (C=O) groups is 1. The molecular formula is C20H22N4O2S. The molecule has 7 heteroatoms. The number of amides is 1. The Morgan fingerprint density at radius 2 is 2.11 bits per heavy atom. The van der Waals surface area contributed by atoms with Crippen molar-refractivity contribution in [1.29, 1.82) is 0 Å². The molecule has 0 aliphatic carbocycles. The van der Waals surface area contributed by atoms with Crippen molar-refractivity contribution in [3.8, 4) is 10.4 Å². The summed E-state index contributed by atoms with van der Waals surface area (Å²) < 4.78 is 0. The molecule has 1 amide bonds. The lowest BCUT2D eigenvalue weighted by Crippen LogP contribution is -2.42. The first-order valence-corrected chi connectivity index (χ1v) is 9.88. The van der Waals surface area contributed by atoms with Crippen LogP contribution in [0.25, 0.3) is 20.7 Å². The van der Waals surface area contributed by atoms with Crippen molar-refractivity contribution in [1.82, 2.24) is 19.8 Å². The molecule has 0 bridgehead atoms. The van der Waals surface area contributed by atoms with Crippen LogP contribution < -0.4 is 5.56 Å². The second kappa shape index (κ2) is 7.25. The summed E-state index contributed by atoms with van der Waals surface area (Å²) in [6.07, 6.45) is 1.83. The van der Waals surface area contributed by atoms with Gasteiger partial charge in [0.05, 0.1) is 18.0 Å². The lowest BCUT2D eigenvalue weighted by atomic mass is 10.2. The number of rotatable bonds is 4. The molecule has 0 saturated carbocycles. The van der Waals surface area contributed by atoms with E-state index in [4.69, 9.17) is 0 Å². The fourth-order valence-corrected chi connectivity index (χ4v) is 4.64. The molecule has 1 saturated heterocycles. The summed E-state index contributed by atoms with van der Waals surface area (Å²) in [7, 11) is 3.56. The van der Waals surface area contributed by atoms with E-state index >= 15 is 0 Å². The Labute approximate surface area is 161 Å². The van der Waals surface area contributed by atoms with Crippen LogP contribution in [0.2, 0.25) is 0 Å². The van der Waals surface area contributed by atoms with Crippen molar-refractivity contribution in [2.24, 2.45) is 0 Å². The van der Waals surface area contributed by atoms with E-state index in [2.05, 4.69) is 14.9 Å². The molecule has 0 radical (unpaired) electrons. The zero-order chi connectivity index (χ0) is 19.0. The van der Waals surface area contributed by atoms with Crippen molar-refractivity contribution < 1.29 is 4.79 Å². The summed E-state index contributed by atoms with van der Waals surface area (Å²) >= 11 is 1.52. The molecule has 1 fully saturated rings. The standard InChI is InChI=1S/C20H22N4O2S/c1-23(2)20(26)15-9-6-10-24(15)12-17-21-18(25)14-11-16(27-19(14)22-17)13-7-4-3-5-8-13/h3-5,7-8,11,15H,6,9-10,12H2,1-2H3,(H,21,22,25). The molecule has 2 aromatic heterocycles. The molecule has 0 spiro atoms. The summed E-state index contributed by atoms with van der Waals surface area (Å²) in [6, 6.07) is 11.8. The molecule has 6 nitrogen and oxygen atoms in total. The lowest BCUT2D eigenvalue weighted by Gasteiger charge is -2.25. The van der Waals surface area contributed by atoms with Crippen LogP contribution in [0.15, 0.2) is 41.2 Å². The molecule has 1 aliphatic heterocycles. The van der Waals surface area contributed by atoms with Gasteiger partial charge in [0.1, 0.15) is 10.7 Å². The van der Waals surface area contributed by atoms with Crippen LogP contribution in [-0.4, -0.2) is 52.4 Å². The number of H-pyrrole nitrogens is 1. The molecule has 3 aromatic rings. The quantitative estimate of drug-likeness (QED) is 0.753. The maximum absolute atomic E-state index is 12.6. The summed E-state index contributed by atoms with van der Waals surface area (Å²) in [6.45, 7) is 1.32. The molecule has 1 atom stereocenters. The zero-order valence-electron chi connectivity index (χ0n) is 15.4. The summed E-state index contributed by atoms with van der Waals surface area (Å²) in [4.78, 5) is 38.0. The Kier molecular flexibility index (Phi) is 4.80. The first kappa shape index (κ1) is 17.9. The number of nitrogens with one attached hydrogen (secondary N) is 1. The predicted octanol–water partition coefficient (Wildman–Crippen LogP) is 2.70. The van der Waals surface area contributed by atoms with E-state index in [1.165, 1.54) is 11.3 Å². The van der Waals surface area contributed by atoms with E-state index in [1.54, 1.807) is 19.0 Å². The van der Waals surface area contributed by atoms with Crippen LogP contribution in [0.3, 0.4) is 0 Å². The van der Waals surface area contributed by atoms with Crippen LogP contribution in [0.4, 0.5) is 0 Å². The topological polar surface area (TPSA) is 69.3 Å². The number of aromatic nitrogens is 2. The maximum Gasteiger partial charge on any atom is 0.259 e. The molecule has 1 unspecified atom stereocenters. The molecule has 1 aromatic carbocycles. The Hall–Kier alpha value is -2.51. The third-order valence-corrected chi connectivity index (χ3v) is 6.03. The van der Waals surface area contributed by atoms with Crippen LogP contribution >= 0.6 is 11.3 Å². The van der Waals surface area contributed by atoms with Gasteiger partial charge in [0.2, 0.25) is 5.91 Å². The third-order valence-electron chi connectivity index (χ3n) is 4.95. The number of thiophene rings is 1. The van der Waals surface area contributed by atoms with Crippen molar-refractivity contribution in [3.05, 3.63) is 52.6 Å². The smallest absolute Gasteiger partial charge is 0.259 e. The van der Waals surface area contributed by atoms with Gasteiger partial charge < -0.3 is 9.88 Å². The normalized spacial score (nSPS) is 17.5. The van der Waals surface area contributed by atoms with Gasteiger partial charge in [-0.3, -0.25) is 14.5 Å². The number of hydrogen-bond acceptors (Lipinski definition) is 5. The highest BCUT2D eigenvalue weighted by atomic mass is 32.1. The van der Waals surface area contributed by atoms with E-state index in [0.717, 1.165) is 34.7 Å². The van der Waals surface area contributed by atoms with Gasteiger partial charge in [-0.2, -0.15) is 0 Å². The number of likely N-dealkylation sites (N-methyl/N-ethyl adjacent to an activating group) is 1. The van der Waals surface area contributed by atoms with E-state index < -0.39 is 0 Å². The number of nitrogens with zero attached hydrogens (tertiary/aromatic N) is 3. The van der Waals surface area contributed by atoms with Crippen molar-refractivity contribution in [2.45, 2.75) is 25.4 Å². The number of likely N-dealkylation sites (tertiary alicyclic amines) is 1. The van der Waals surface area contributed by atoms with E-state index in [9.17, 15) is 9.59 Å². The van der Waals surface area contributed by atoms with E-state index in [-0.39, 0.29) is 17.5 Å². The van der Waals surface area contributed by atoms with Crippen molar-refractivity contribution >= 4 is 27.5 Å². The first-order valence-electron chi connectivity index (χ1n) is 9.06. The average molecular weight is 382 g/mol. The number of benzene rings is 1. The fraction of sp³-hybridized carbons (Fsp3) is 0.350. The largest absolute Gasteiger partial charge is 0.347 e. The highest BCUT2D eigenvalue weighted by molar-refractivity contribution is 7.21. The Balaban J connectivity index is 1.63. The van der Waals surface area contributed by atoms with Gasteiger partial charge >= 0.3 is 0 Å². The molecule has 1 N–H and O–H groups in total. The Morgan fingerprint density at radius 1 is 1.33 bits per heavy atom. The summed E-state index contributed by atoms with van der Waals surface area (Å²) in [5, 5.41) is 0.616. The fourth-order valence-electron chi connectivity index (χ4n) is 3.58. The van der Waals surface area contributed by atoms with Crippen molar-refractivity contribution in [3.63, 3.8) is 0 Å². The van der Waals surface area contributed by atoms with E-state index in [1.807, 2.05) is 36.4 Å². The van der Waals surface area contributed by atoms with Gasteiger partial charge in [-0.1, -0.05) is 30.3 Å². The highest BCUT2D eigenvalue weighted by Crippen LogP contribution is 2.31. The predicted molar refractivity (Wildman–Crippen MR) is 108 cm³/mol. The molecule has 140 valence electrons. The van der Waals surface area contributed by atoms with Gasteiger partial charge in [0.15, 0.2) is 0 Å². The van der Waals surface area contributed by atoms with Gasteiger partial charge in [-0.25, -0.2) is 4.98 Å². The minimum absolute atomic E-state index is 0.110. The number of aromatic amines is 1. The van der Waals surface area contributed by atoms with Crippen LogP contribution in [-0.2, 0) is 11.3 Å². The van der Waals surface area contributed by atoms with Gasteiger partial charge in [0.25, 0.3) is 5.56 Å². The van der Waals surface area contributed by atoms with Crippen LogP contribution in [0.1, 0.15) is 18.7 Å². The number of hydrogen-bond donors (Lipinski definition) is 1. The third kappa shape index (κ3) is 3.52. The highest BCUT2D eigenvalue weighted by Gasteiger charge is 2.32. The minimum Gasteiger partial charge on any atom is -0.347 e. The minimum atomic E-state index is -0.135. The molecule has 1 aliphatic rings. The van der Waals surface area contributed by atoms with Gasteiger partial charge in [0, 0.05) is 19.0 Å². The van der Waals surface area contributed by atoms with Gasteiger partial charge in [-0.15, -0.1) is 11.3 Å².